The highest BCUT2D eigenvalue weighted by atomic mass is 19.4. The minimum Gasteiger partial charge on any atom is -0.381 e. The molecule has 0 amide bonds. The normalized spacial score (nSPS) is 25.0. The third-order valence-corrected chi connectivity index (χ3v) is 8.88. The number of nitrogens with zero attached hydrogens (tertiary/aromatic N) is 6. The first-order valence-electron chi connectivity index (χ1n) is 13.7. The summed E-state index contributed by atoms with van der Waals surface area (Å²) in [6.45, 7) is 2.69. The standard InChI is InChI=1S/C29H32F4N6O2/c1-18(37-9-7-21(30)8-10-37)19-11-24(29(31,32)33)25-16-38(27(40)39(25)15-19)22-6-4-5-20(12-22)28(13-23(14-28)41-3)26-35-34-17-36(26)2/h4-6,11-12,15-18,21,23H,7-10,13-14H2,1-3H3/q+1/t18-,23?,28?/m0/s1. The van der Waals surface area contributed by atoms with Gasteiger partial charge < -0.3 is 4.74 Å². The van der Waals surface area contributed by atoms with Crippen LogP contribution in [0.4, 0.5) is 17.6 Å². The number of rotatable bonds is 6. The highest BCUT2D eigenvalue weighted by Gasteiger charge is 2.58. The highest BCUT2D eigenvalue weighted by molar-refractivity contribution is 5.58. The third kappa shape index (κ3) is 4.70. The molecule has 3 aromatic rings. The Morgan fingerprint density at radius 2 is 1.88 bits per heavy atom. The van der Waals surface area contributed by atoms with Gasteiger partial charge in [-0.2, -0.15) is 13.2 Å². The lowest BCUT2D eigenvalue weighted by Crippen LogP contribution is -2.51. The molecule has 2 fully saturated rings. The summed E-state index contributed by atoms with van der Waals surface area (Å²) in [6.07, 6.45) is 1.57. The van der Waals surface area contributed by atoms with Crippen LogP contribution >= 0.6 is 0 Å². The number of fused-ring (bicyclic) bond motifs is 1. The molecule has 6 rings (SSSR count). The van der Waals surface area contributed by atoms with Gasteiger partial charge in [0.05, 0.1) is 40.4 Å². The Kier molecular flexibility index (Phi) is 6.88. The van der Waals surface area contributed by atoms with E-state index in [-0.39, 0.29) is 11.6 Å². The molecule has 3 aliphatic rings. The van der Waals surface area contributed by atoms with E-state index in [1.807, 2.05) is 28.7 Å². The van der Waals surface area contributed by atoms with Crippen molar-refractivity contribution in [2.24, 2.45) is 10.2 Å². The molecular formula is C29H32F4N6O2+. The van der Waals surface area contributed by atoms with Crippen molar-refractivity contribution in [3.8, 4) is 5.69 Å². The van der Waals surface area contributed by atoms with E-state index in [0.717, 1.165) is 22.2 Å². The van der Waals surface area contributed by atoms with E-state index >= 15 is 0 Å². The lowest BCUT2D eigenvalue weighted by atomic mass is 9.60. The molecule has 0 N–H and O–H groups in total. The van der Waals surface area contributed by atoms with E-state index < -0.39 is 35.1 Å². The number of likely N-dealkylation sites (tertiary alicyclic amines) is 1. The Bertz CT molecular complexity index is 1580. The van der Waals surface area contributed by atoms with Gasteiger partial charge in [0.15, 0.2) is 0 Å². The number of piperidine rings is 1. The zero-order chi connectivity index (χ0) is 29.1. The molecule has 8 nitrogen and oxygen atoms in total. The fourth-order valence-electron chi connectivity index (χ4n) is 6.42. The molecule has 1 saturated heterocycles. The largest absolute Gasteiger partial charge is 0.418 e. The lowest BCUT2D eigenvalue weighted by Gasteiger charge is -2.46. The predicted molar refractivity (Wildman–Crippen MR) is 144 cm³/mol. The minimum atomic E-state index is -4.68. The van der Waals surface area contributed by atoms with Crippen LogP contribution in [-0.2, 0) is 16.3 Å². The summed E-state index contributed by atoms with van der Waals surface area (Å²) >= 11 is 0. The van der Waals surface area contributed by atoms with Crippen molar-refractivity contribution < 1.29 is 26.9 Å². The zero-order valence-electron chi connectivity index (χ0n) is 23.1. The summed E-state index contributed by atoms with van der Waals surface area (Å²) in [5.41, 5.74) is -0.525. The van der Waals surface area contributed by atoms with Crippen molar-refractivity contribution in [3.05, 3.63) is 76.1 Å². The molecule has 0 bridgehead atoms. The number of aromatic nitrogens is 2. The molecule has 1 saturated carbocycles. The van der Waals surface area contributed by atoms with Crippen molar-refractivity contribution in [2.75, 3.05) is 27.2 Å². The van der Waals surface area contributed by atoms with E-state index in [2.05, 4.69) is 10.2 Å². The van der Waals surface area contributed by atoms with Crippen LogP contribution in [0.25, 0.3) is 11.2 Å². The van der Waals surface area contributed by atoms with E-state index in [0.29, 0.717) is 50.0 Å². The van der Waals surface area contributed by atoms with Gasteiger partial charge in [-0.05, 0) is 67.0 Å². The first-order valence-corrected chi connectivity index (χ1v) is 13.7. The van der Waals surface area contributed by atoms with Crippen molar-refractivity contribution >= 4 is 11.9 Å². The molecule has 1 radical (unpaired) electrons. The number of halogens is 4. The number of azo groups is 1. The minimum absolute atomic E-state index is 0.0283. The average Bonchev–Trinajstić information content (AvgIpc) is 3.50. The second-order valence-corrected chi connectivity index (χ2v) is 11.3. The number of alkyl halides is 4. The van der Waals surface area contributed by atoms with Crippen LogP contribution in [0.3, 0.4) is 0 Å². The summed E-state index contributed by atoms with van der Waals surface area (Å²) < 4.78 is 66.4. The molecule has 217 valence electrons. The lowest BCUT2D eigenvalue weighted by molar-refractivity contribution is -0.489. The number of hydrogen-bond donors (Lipinski definition) is 0. The Morgan fingerprint density at radius 1 is 1.15 bits per heavy atom. The quantitative estimate of drug-likeness (QED) is 0.298. The van der Waals surface area contributed by atoms with Gasteiger partial charge in [-0.3, -0.25) is 13.9 Å². The highest BCUT2D eigenvalue weighted by Crippen LogP contribution is 2.53. The van der Waals surface area contributed by atoms with Gasteiger partial charge in [0.2, 0.25) is 0 Å². The molecule has 41 heavy (non-hydrogen) atoms. The van der Waals surface area contributed by atoms with E-state index in [4.69, 9.17) is 4.74 Å². The molecule has 1 atom stereocenters. The maximum atomic E-state index is 14.3. The number of hydrogen-bond acceptors (Lipinski definition) is 5. The maximum Gasteiger partial charge on any atom is 0.418 e. The Morgan fingerprint density at radius 3 is 2.51 bits per heavy atom. The molecule has 12 heteroatoms. The van der Waals surface area contributed by atoms with Gasteiger partial charge in [-0.1, -0.05) is 12.1 Å². The first-order chi connectivity index (χ1) is 19.5. The molecule has 0 unspecified atom stereocenters. The molecule has 1 aliphatic carbocycles. The van der Waals surface area contributed by atoms with Crippen LogP contribution < -0.4 is 5.69 Å². The Hall–Kier alpha value is -3.38. The first kappa shape index (κ1) is 27.8. The SMILES string of the molecule is COC1CC([C]2N=NC=[N+]2C)(c2cccc(-n3cc4c(C(F)(F)F)cc([C@H](C)N5CCC(F)CC5)cn4c3=O)c2)C1. The van der Waals surface area contributed by atoms with Crippen molar-refractivity contribution in [2.45, 2.75) is 62.5 Å². The van der Waals surface area contributed by atoms with Gasteiger partial charge in [0.25, 0.3) is 0 Å². The summed E-state index contributed by atoms with van der Waals surface area (Å²) in [7, 11) is 3.52. The van der Waals surface area contributed by atoms with Crippen molar-refractivity contribution in [1.29, 1.82) is 0 Å². The van der Waals surface area contributed by atoms with Crippen LogP contribution in [0.15, 0.2) is 57.7 Å². The van der Waals surface area contributed by atoms with Gasteiger partial charge in [0, 0.05) is 38.6 Å². The molecule has 4 heterocycles. The average molecular weight is 573 g/mol. The van der Waals surface area contributed by atoms with E-state index in [1.54, 1.807) is 32.5 Å². The molecule has 2 aliphatic heterocycles. The fourth-order valence-corrected chi connectivity index (χ4v) is 6.42. The van der Waals surface area contributed by atoms with Gasteiger partial charge in [-0.15, -0.1) is 0 Å². The Labute approximate surface area is 234 Å². The van der Waals surface area contributed by atoms with Crippen molar-refractivity contribution in [1.82, 2.24) is 13.9 Å². The summed E-state index contributed by atoms with van der Waals surface area (Å²) in [6, 6.07) is 7.98. The van der Waals surface area contributed by atoms with E-state index in [9.17, 15) is 22.4 Å². The maximum absolute atomic E-state index is 14.3. The predicted octanol–water partition coefficient (Wildman–Crippen LogP) is 5.28. The van der Waals surface area contributed by atoms with Gasteiger partial charge in [0.1, 0.15) is 6.17 Å². The number of methoxy groups -OCH3 is 1. The van der Waals surface area contributed by atoms with Crippen LogP contribution in [0.1, 0.15) is 55.3 Å². The molecular weight excluding hydrogens is 540 g/mol. The number of pyridine rings is 1. The Balaban J connectivity index is 1.43. The zero-order valence-corrected chi connectivity index (χ0v) is 23.1. The molecule has 1 aromatic carbocycles. The number of likely N-dealkylation sites (N-methyl/N-ethyl adjacent to an activating group) is 1. The van der Waals surface area contributed by atoms with Gasteiger partial charge in [-0.25, -0.2) is 13.8 Å². The third-order valence-electron chi connectivity index (χ3n) is 8.88. The number of benzene rings is 1. The van der Waals surface area contributed by atoms with Crippen LogP contribution in [0, 0.1) is 6.17 Å². The topological polar surface area (TPSA) is 66.6 Å². The van der Waals surface area contributed by atoms with Crippen LogP contribution in [-0.4, -0.2) is 64.3 Å². The summed E-state index contributed by atoms with van der Waals surface area (Å²) in [5, 5.41) is 8.40. The van der Waals surface area contributed by atoms with Crippen LogP contribution in [0.2, 0.25) is 0 Å². The van der Waals surface area contributed by atoms with Crippen LogP contribution in [0.5, 0.6) is 0 Å². The molecule has 2 aromatic heterocycles. The summed E-state index contributed by atoms with van der Waals surface area (Å²) in [5.74, 6) is 0. The smallest absolute Gasteiger partial charge is 0.381 e. The second kappa shape index (κ2) is 10.2. The molecule has 0 spiro atoms. The second-order valence-electron chi connectivity index (χ2n) is 11.3. The van der Waals surface area contributed by atoms with E-state index in [1.165, 1.54) is 17.0 Å². The number of imidazole rings is 1. The summed E-state index contributed by atoms with van der Waals surface area (Å²) in [4.78, 5) is 15.6. The van der Waals surface area contributed by atoms with Gasteiger partial charge >= 0.3 is 24.4 Å². The fraction of sp³-hybridized carbons (Fsp3) is 0.483. The number of ether oxygens (including phenoxy) is 1. The monoisotopic (exact) mass is 572 g/mol. The van der Waals surface area contributed by atoms with Crippen molar-refractivity contribution in [3.63, 3.8) is 0 Å².